The average Bonchev–Trinajstić information content (AvgIpc) is 2.20. The normalized spacial score (nSPS) is 11.1. The van der Waals surface area contributed by atoms with E-state index < -0.39 is 16.4 Å². The summed E-state index contributed by atoms with van der Waals surface area (Å²) in [5.41, 5.74) is 14.8. The first-order valence-electron chi connectivity index (χ1n) is 4.38. The number of nitro groups is 1. The molecule has 6 N–H and O–H groups in total. The number of hydrogen-bond acceptors (Lipinski definition) is 3. The molecule has 0 saturated heterocycles. The zero-order chi connectivity index (χ0) is 13.9. The maximum Gasteiger partial charge on any atom is 0.307 e. The van der Waals surface area contributed by atoms with E-state index in [4.69, 9.17) is 17.2 Å². The summed E-state index contributed by atoms with van der Waals surface area (Å²) in [7, 11) is 0. The van der Waals surface area contributed by atoms with Gasteiger partial charge in [-0.05, 0) is 22.0 Å². The van der Waals surface area contributed by atoms with Gasteiger partial charge in [-0.25, -0.2) is 4.99 Å². The van der Waals surface area contributed by atoms with Crippen LogP contribution in [0.4, 0.5) is 15.8 Å². The van der Waals surface area contributed by atoms with Crippen molar-refractivity contribution in [3.63, 3.8) is 0 Å². The minimum atomic E-state index is -0.994. The first-order valence-corrected chi connectivity index (χ1v) is 5.17. The fraction of sp³-hybridized carbons (Fsp3) is 0. The molecule has 10 heteroatoms. The highest BCUT2D eigenvalue weighted by atomic mass is 79.9. The molecule has 0 aliphatic rings. The molecule has 8 nitrogen and oxygen atoms in total. The lowest BCUT2D eigenvalue weighted by atomic mass is 10.3. The molecule has 96 valence electrons. The van der Waals surface area contributed by atoms with Crippen LogP contribution in [0.15, 0.2) is 26.6 Å². The Morgan fingerprint density at radius 3 is 2.50 bits per heavy atom. The number of nitrogens with two attached hydrogens (primary N) is 3. The van der Waals surface area contributed by atoms with Crippen LogP contribution in [0.5, 0.6) is 0 Å². The van der Waals surface area contributed by atoms with E-state index >= 15 is 0 Å². The predicted octanol–water partition coefficient (Wildman–Crippen LogP) is 0.716. The van der Waals surface area contributed by atoms with Crippen LogP contribution in [0.3, 0.4) is 0 Å². The van der Waals surface area contributed by atoms with E-state index in [9.17, 15) is 14.5 Å². The second kappa shape index (κ2) is 5.40. The van der Waals surface area contributed by atoms with Gasteiger partial charge in [0, 0.05) is 10.5 Å². The second-order valence-electron chi connectivity index (χ2n) is 3.02. The van der Waals surface area contributed by atoms with Crippen molar-refractivity contribution < 1.29 is 9.31 Å². The SMILES string of the molecule is NC(N)=NC(N)=Nc1cc([N+](=O)[O-])c(F)cc1Br. The minimum Gasteiger partial charge on any atom is -0.370 e. The summed E-state index contributed by atoms with van der Waals surface area (Å²) < 4.78 is 13.4. The van der Waals surface area contributed by atoms with Gasteiger partial charge in [-0.15, -0.1) is 0 Å². The van der Waals surface area contributed by atoms with Crippen LogP contribution >= 0.6 is 15.9 Å². The highest BCUT2D eigenvalue weighted by molar-refractivity contribution is 9.10. The van der Waals surface area contributed by atoms with Crippen molar-refractivity contribution in [2.24, 2.45) is 27.2 Å². The van der Waals surface area contributed by atoms with Gasteiger partial charge in [0.1, 0.15) is 0 Å². The third-order valence-electron chi connectivity index (χ3n) is 1.69. The maximum atomic E-state index is 13.2. The van der Waals surface area contributed by atoms with Gasteiger partial charge in [-0.1, -0.05) is 0 Å². The van der Waals surface area contributed by atoms with Crippen molar-refractivity contribution in [2.75, 3.05) is 0 Å². The largest absolute Gasteiger partial charge is 0.370 e. The lowest BCUT2D eigenvalue weighted by Crippen LogP contribution is -2.26. The third-order valence-corrected chi connectivity index (χ3v) is 2.33. The predicted molar refractivity (Wildman–Crippen MR) is 67.8 cm³/mol. The molecule has 1 rings (SSSR count). The van der Waals surface area contributed by atoms with Crippen LogP contribution in [-0.4, -0.2) is 16.8 Å². The first kappa shape index (κ1) is 13.8. The number of hydrogen-bond donors (Lipinski definition) is 3. The molecule has 0 amide bonds. The van der Waals surface area contributed by atoms with Gasteiger partial charge in [0.2, 0.25) is 11.8 Å². The average molecular weight is 319 g/mol. The van der Waals surface area contributed by atoms with Gasteiger partial charge in [-0.3, -0.25) is 10.1 Å². The van der Waals surface area contributed by atoms with Crippen LogP contribution in [0.25, 0.3) is 0 Å². The van der Waals surface area contributed by atoms with E-state index in [1.165, 1.54) is 0 Å². The lowest BCUT2D eigenvalue weighted by molar-refractivity contribution is -0.387. The third kappa shape index (κ3) is 3.38. The molecule has 0 aromatic heterocycles. The van der Waals surface area contributed by atoms with E-state index in [0.29, 0.717) is 0 Å². The Kier molecular flexibility index (Phi) is 4.15. The zero-order valence-electron chi connectivity index (χ0n) is 8.80. The highest BCUT2D eigenvalue weighted by Crippen LogP contribution is 2.32. The standard InChI is InChI=1S/C8H8BrFN6O2/c9-3-1-4(10)6(16(17)18)2-5(3)14-8(13)15-7(11)12/h1-2H,(H6,11,12,13,14,15). The van der Waals surface area contributed by atoms with E-state index in [1.54, 1.807) is 0 Å². The Labute approximate surface area is 109 Å². The van der Waals surface area contributed by atoms with Gasteiger partial charge >= 0.3 is 5.69 Å². The summed E-state index contributed by atoms with van der Waals surface area (Å²) >= 11 is 2.99. The molecule has 0 fully saturated rings. The fourth-order valence-electron chi connectivity index (χ4n) is 1.03. The van der Waals surface area contributed by atoms with Crippen LogP contribution in [0.1, 0.15) is 0 Å². The Morgan fingerprint density at radius 2 is 2.00 bits per heavy atom. The van der Waals surface area contributed by atoms with Crippen molar-refractivity contribution in [1.29, 1.82) is 0 Å². The molecule has 0 radical (unpaired) electrons. The second-order valence-corrected chi connectivity index (χ2v) is 3.87. The number of rotatable bonds is 2. The number of aliphatic imine (C=N–C) groups is 2. The summed E-state index contributed by atoms with van der Waals surface area (Å²) in [5.74, 6) is -1.62. The molecule has 0 bridgehead atoms. The van der Waals surface area contributed by atoms with Crippen LogP contribution in [-0.2, 0) is 0 Å². The molecule has 0 spiro atoms. The zero-order valence-corrected chi connectivity index (χ0v) is 10.4. The van der Waals surface area contributed by atoms with Gasteiger partial charge in [0.25, 0.3) is 0 Å². The van der Waals surface area contributed by atoms with Crippen molar-refractivity contribution in [3.8, 4) is 0 Å². The van der Waals surface area contributed by atoms with Gasteiger partial charge in [0.05, 0.1) is 10.6 Å². The van der Waals surface area contributed by atoms with E-state index in [0.717, 1.165) is 12.1 Å². The number of guanidine groups is 2. The van der Waals surface area contributed by atoms with Gasteiger partial charge in [0.15, 0.2) is 5.96 Å². The topological polar surface area (TPSA) is 146 Å². The smallest absolute Gasteiger partial charge is 0.307 e. The first-order chi connectivity index (χ1) is 8.31. The quantitative estimate of drug-likeness (QED) is 0.318. The number of nitro benzene ring substituents is 1. The molecule has 0 saturated carbocycles. The number of benzene rings is 1. The van der Waals surface area contributed by atoms with Crippen LogP contribution < -0.4 is 17.2 Å². The van der Waals surface area contributed by atoms with Gasteiger partial charge < -0.3 is 17.2 Å². The Hall–Kier alpha value is -2.23. The molecular formula is C8H8BrFN6O2. The van der Waals surface area contributed by atoms with Crippen molar-refractivity contribution in [2.45, 2.75) is 0 Å². The molecule has 18 heavy (non-hydrogen) atoms. The van der Waals surface area contributed by atoms with E-state index in [-0.39, 0.29) is 22.1 Å². The Balaban J connectivity index is 3.30. The fourth-order valence-corrected chi connectivity index (χ4v) is 1.44. The van der Waals surface area contributed by atoms with E-state index in [2.05, 4.69) is 25.9 Å². The summed E-state index contributed by atoms with van der Waals surface area (Å²) in [6.07, 6.45) is 0. The van der Waals surface area contributed by atoms with Crippen molar-refractivity contribution >= 4 is 39.2 Å². The van der Waals surface area contributed by atoms with Gasteiger partial charge in [-0.2, -0.15) is 9.38 Å². The highest BCUT2D eigenvalue weighted by Gasteiger charge is 2.17. The van der Waals surface area contributed by atoms with Crippen LogP contribution in [0.2, 0.25) is 0 Å². The van der Waals surface area contributed by atoms with Crippen LogP contribution in [0, 0.1) is 15.9 Å². The van der Waals surface area contributed by atoms with Crippen molar-refractivity contribution in [3.05, 3.63) is 32.5 Å². The van der Waals surface area contributed by atoms with Crippen molar-refractivity contribution in [1.82, 2.24) is 0 Å². The molecule has 0 atom stereocenters. The molecule has 0 aliphatic carbocycles. The summed E-state index contributed by atoms with van der Waals surface area (Å²) in [5, 5.41) is 10.6. The molecule has 1 aromatic rings. The monoisotopic (exact) mass is 318 g/mol. The maximum absolute atomic E-state index is 13.2. The Morgan fingerprint density at radius 1 is 1.39 bits per heavy atom. The summed E-state index contributed by atoms with van der Waals surface area (Å²) in [6, 6.07) is 1.81. The molecular weight excluding hydrogens is 311 g/mol. The van der Waals surface area contributed by atoms with E-state index in [1.807, 2.05) is 0 Å². The molecule has 0 aliphatic heterocycles. The summed E-state index contributed by atoms with van der Waals surface area (Å²) in [6.45, 7) is 0. The molecule has 0 unspecified atom stereocenters. The summed E-state index contributed by atoms with van der Waals surface area (Å²) in [4.78, 5) is 16.8. The lowest BCUT2D eigenvalue weighted by Gasteiger charge is -2.01. The molecule has 1 aromatic carbocycles. The number of nitrogens with zero attached hydrogens (tertiary/aromatic N) is 3. The minimum absolute atomic E-state index is 0.0330. The molecule has 0 heterocycles. The Bertz CT molecular complexity index is 555. The number of halogens is 2.